The third-order valence-electron chi connectivity index (χ3n) is 3.62. The zero-order valence-corrected chi connectivity index (χ0v) is 11.2. The molecule has 104 valence electrons. The standard InChI is InChI=1S/C14H19NO4/c1-9-4-3-5-12(10(9)2)19-13-6-7-15(14(17)18)8-11(13)16/h3-5,11,13,16H,6-8H2,1-2H3,(H,17,18). The Morgan fingerprint density at radius 1 is 1.42 bits per heavy atom. The Morgan fingerprint density at radius 2 is 2.16 bits per heavy atom. The van der Waals surface area contributed by atoms with Crippen molar-refractivity contribution < 1.29 is 19.7 Å². The number of rotatable bonds is 2. The molecular formula is C14H19NO4. The number of likely N-dealkylation sites (tertiary alicyclic amines) is 1. The molecule has 1 heterocycles. The van der Waals surface area contributed by atoms with Crippen molar-refractivity contribution in [2.45, 2.75) is 32.5 Å². The minimum Gasteiger partial charge on any atom is -0.487 e. The van der Waals surface area contributed by atoms with Gasteiger partial charge < -0.3 is 19.8 Å². The van der Waals surface area contributed by atoms with Gasteiger partial charge in [0.2, 0.25) is 0 Å². The number of hydrogen-bond donors (Lipinski definition) is 2. The lowest BCUT2D eigenvalue weighted by Crippen LogP contribution is -2.50. The zero-order valence-electron chi connectivity index (χ0n) is 11.2. The minimum absolute atomic E-state index is 0.102. The monoisotopic (exact) mass is 265 g/mol. The normalized spacial score (nSPS) is 23.2. The number of β-amino-alcohol motifs (C(OH)–C–C–N with tert-alkyl or cyclic N) is 1. The number of ether oxygens (including phenoxy) is 1. The smallest absolute Gasteiger partial charge is 0.407 e. The average Bonchev–Trinajstić information content (AvgIpc) is 2.37. The summed E-state index contributed by atoms with van der Waals surface area (Å²) in [5, 5.41) is 18.9. The lowest BCUT2D eigenvalue weighted by molar-refractivity contribution is -0.0203. The fourth-order valence-electron chi connectivity index (χ4n) is 2.24. The highest BCUT2D eigenvalue weighted by Crippen LogP contribution is 2.25. The van der Waals surface area contributed by atoms with Gasteiger partial charge in [0.1, 0.15) is 18.0 Å². The van der Waals surface area contributed by atoms with Crippen molar-refractivity contribution in [2.75, 3.05) is 13.1 Å². The summed E-state index contributed by atoms with van der Waals surface area (Å²) < 4.78 is 5.84. The Labute approximate surface area is 112 Å². The first-order chi connectivity index (χ1) is 8.99. The number of nitrogens with zero attached hydrogens (tertiary/aromatic N) is 1. The summed E-state index contributed by atoms with van der Waals surface area (Å²) in [4.78, 5) is 12.1. The molecule has 2 atom stereocenters. The predicted octanol–water partition coefficient (Wildman–Crippen LogP) is 1.80. The van der Waals surface area contributed by atoms with Crippen molar-refractivity contribution in [3.63, 3.8) is 0 Å². The van der Waals surface area contributed by atoms with Crippen LogP contribution in [0.2, 0.25) is 0 Å². The maximum absolute atomic E-state index is 10.8. The van der Waals surface area contributed by atoms with Gasteiger partial charge >= 0.3 is 6.09 Å². The fourth-order valence-corrected chi connectivity index (χ4v) is 2.24. The first-order valence-corrected chi connectivity index (χ1v) is 6.38. The maximum Gasteiger partial charge on any atom is 0.407 e. The molecule has 19 heavy (non-hydrogen) atoms. The lowest BCUT2D eigenvalue weighted by Gasteiger charge is -2.34. The van der Waals surface area contributed by atoms with Crippen LogP contribution in [-0.2, 0) is 0 Å². The van der Waals surface area contributed by atoms with Gasteiger partial charge in [0.25, 0.3) is 0 Å². The molecule has 0 radical (unpaired) electrons. The van der Waals surface area contributed by atoms with Crippen molar-refractivity contribution in [2.24, 2.45) is 0 Å². The predicted molar refractivity (Wildman–Crippen MR) is 70.6 cm³/mol. The number of piperidine rings is 1. The molecule has 1 fully saturated rings. The van der Waals surface area contributed by atoms with Gasteiger partial charge in [-0.3, -0.25) is 0 Å². The molecule has 0 bridgehead atoms. The van der Waals surface area contributed by atoms with E-state index in [2.05, 4.69) is 0 Å². The molecule has 2 rings (SSSR count). The molecule has 5 nitrogen and oxygen atoms in total. The summed E-state index contributed by atoms with van der Waals surface area (Å²) in [5.74, 6) is 0.757. The van der Waals surface area contributed by atoms with Gasteiger partial charge in [-0.1, -0.05) is 12.1 Å². The van der Waals surface area contributed by atoms with E-state index < -0.39 is 12.2 Å². The molecule has 1 amide bonds. The highest BCUT2D eigenvalue weighted by Gasteiger charge is 2.31. The molecule has 5 heteroatoms. The van der Waals surface area contributed by atoms with Crippen molar-refractivity contribution in [3.8, 4) is 5.75 Å². The molecule has 2 N–H and O–H groups in total. The molecule has 1 aliphatic rings. The van der Waals surface area contributed by atoms with Gasteiger partial charge in [-0.15, -0.1) is 0 Å². The minimum atomic E-state index is -0.996. The number of aliphatic hydroxyl groups is 1. The summed E-state index contributed by atoms with van der Waals surface area (Å²) in [7, 11) is 0. The van der Waals surface area contributed by atoms with Crippen LogP contribution in [0.1, 0.15) is 17.5 Å². The SMILES string of the molecule is Cc1cccc(OC2CCN(C(=O)O)CC2O)c1C. The number of hydrogen-bond acceptors (Lipinski definition) is 3. The number of benzene rings is 1. The Kier molecular flexibility index (Phi) is 3.95. The Hall–Kier alpha value is -1.75. The van der Waals surface area contributed by atoms with E-state index in [1.807, 2.05) is 32.0 Å². The molecular weight excluding hydrogens is 246 g/mol. The number of carboxylic acid groups (broad SMARTS) is 1. The molecule has 1 aliphatic heterocycles. The van der Waals surface area contributed by atoms with Gasteiger partial charge in [-0.2, -0.15) is 0 Å². The quantitative estimate of drug-likeness (QED) is 0.855. The Balaban J connectivity index is 2.04. The van der Waals surface area contributed by atoms with Crippen LogP contribution in [-0.4, -0.2) is 46.5 Å². The van der Waals surface area contributed by atoms with E-state index in [-0.39, 0.29) is 12.6 Å². The van der Waals surface area contributed by atoms with Gasteiger partial charge in [-0.05, 0) is 31.0 Å². The van der Waals surface area contributed by atoms with Crippen LogP contribution >= 0.6 is 0 Å². The maximum atomic E-state index is 10.8. The van der Waals surface area contributed by atoms with Crippen LogP contribution in [0.5, 0.6) is 5.75 Å². The number of aliphatic hydroxyl groups excluding tert-OH is 1. The van der Waals surface area contributed by atoms with Crippen molar-refractivity contribution in [1.82, 2.24) is 4.90 Å². The van der Waals surface area contributed by atoms with Crippen LogP contribution in [0.15, 0.2) is 18.2 Å². The van der Waals surface area contributed by atoms with Crippen LogP contribution in [0, 0.1) is 13.8 Å². The molecule has 0 saturated carbocycles. The molecule has 0 aromatic heterocycles. The summed E-state index contributed by atoms with van der Waals surface area (Å²) >= 11 is 0. The van der Waals surface area contributed by atoms with E-state index in [1.54, 1.807) is 0 Å². The van der Waals surface area contributed by atoms with E-state index in [9.17, 15) is 9.90 Å². The number of aryl methyl sites for hydroxylation is 1. The van der Waals surface area contributed by atoms with Gasteiger partial charge in [0.15, 0.2) is 0 Å². The highest BCUT2D eigenvalue weighted by atomic mass is 16.5. The first-order valence-electron chi connectivity index (χ1n) is 6.38. The Morgan fingerprint density at radius 3 is 2.79 bits per heavy atom. The second-order valence-corrected chi connectivity index (χ2v) is 4.94. The second kappa shape index (κ2) is 5.48. The molecule has 0 spiro atoms. The van der Waals surface area contributed by atoms with E-state index in [0.29, 0.717) is 13.0 Å². The third kappa shape index (κ3) is 2.98. The number of amides is 1. The van der Waals surface area contributed by atoms with Gasteiger partial charge in [0, 0.05) is 13.0 Å². The third-order valence-corrected chi connectivity index (χ3v) is 3.62. The summed E-state index contributed by atoms with van der Waals surface area (Å²) in [6.07, 6.45) is -1.63. The van der Waals surface area contributed by atoms with Crippen molar-refractivity contribution >= 4 is 6.09 Å². The van der Waals surface area contributed by atoms with Crippen molar-refractivity contribution in [1.29, 1.82) is 0 Å². The molecule has 0 aliphatic carbocycles. The van der Waals surface area contributed by atoms with Gasteiger partial charge in [-0.25, -0.2) is 4.79 Å². The first kappa shape index (κ1) is 13.7. The molecule has 1 aromatic carbocycles. The summed E-state index contributed by atoms with van der Waals surface area (Å²) in [6, 6.07) is 5.79. The van der Waals surface area contributed by atoms with Crippen molar-refractivity contribution in [3.05, 3.63) is 29.3 Å². The molecule has 2 unspecified atom stereocenters. The van der Waals surface area contributed by atoms with Crippen LogP contribution in [0.4, 0.5) is 4.79 Å². The largest absolute Gasteiger partial charge is 0.487 e. The summed E-state index contributed by atoms with van der Waals surface area (Å²) in [6.45, 7) is 4.47. The molecule has 1 aromatic rings. The summed E-state index contributed by atoms with van der Waals surface area (Å²) in [5.41, 5.74) is 2.19. The van der Waals surface area contributed by atoms with E-state index in [4.69, 9.17) is 9.84 Å². The number of carbonyl (C=O) groups is 1. The topological polar surface area (TPSA) is 70.0 Å². The second-order valence-electron chi connectivity index (χ2n) is 4.94. The van der Waals surface area contributed by atoms with Crippen LogP contribution < -0.4 is 4.74 Å². The zero-order chi connectivity index (χ0) is 14.0. The average molecular weight is 265 g/mol. The van der Waals surface area contributed by atoms with Crippen LogP contribution in [0.25, 0.3) is 0 Å². The lowest BCUT2D eigenvalue weighted by atomic mass is 10.0. The highest BCUT2D eigenvalue weighted by molar-refractivity contribution is 5.65. The van der Waals surface area contributed by atoms with E-state index in [0.717, 1.165) is 16.9 Å². The Bertz CT molecular complexity index is 475. The molecule has 1 saturated heterocycles. The van der Waals surface area contributed by atoms with E-state index in [1.165, 1.54) is 4.90 Å². The van der Waals surface area contributed by atoms with Crippen LogP contribution in [0.3, 0.4) is 0 Å². The van der Waals surface area contributed by atoms with Gasteiger partial charge in [0.05, 0.1) is 6.54 Å². The fraction of sp³-hybridized carbons (Fsp3) is 0.500. The van der Waals surface area contributed by atoms with E-state index >= 15 is 0 Å².